The molecule has 16 heavy (non-hydrogen) atoms. The second-order valence-electron chi connectivity index (χ2n) is 3.71. The zero-order valence-corrected chi connectivity index (χ0v) is 9.69. The second-order valence-corrected chi connectivity index (χ2v) is 3.98. The number of benzene rings is 1. The van der Waals surface area contributed by atoms with Crippen LogP contribution in [0.3, 0.4) is 0 Å². The average Bonchev–Trinajstić information content (AvgIpc) is 2.14. The van der Waals surface area contributed by atoms with E-state index in [1.807, 2.05) is 0 Å². The van der Waals surface area contributed by atoms with Crippen LogP contribution in [0.15, 0.2) is 18.2 Å². The molecular formula is C11H12ClF3O. The minimum atomic E-state index is -4.67. The van der Waals surface area contributed by atoms with Gasteiger partial charge in [0.25, 0.3) is 0 Å². The smallest absolute Gasteiger partial charge is 0.405 e. The fourth-order valence-corrected chi connectivity index (χ4v) is 1.52. The summed E-state index contributed by atoms with van der Waals surface area (Å²) in [6.45, 7) is 3.61. The molecule has 0 aliphatic rings. The van der Waals surface area contributed by atoms with Crippen molar-refractivity contribution in [2.45, 2.75) is 32.0 Å². The van der Waals surface area contributed by atoms with Gasteiger partial charge in [0.2, 0.25) is 0 Å². The van der Waals surface area contributed by atoms with Gasteiger partial charge in [-0.05, 0) is 23.1 Å². The molecular weight excluding hydrogens is 241 g/mol. The predicted octanol–water partition coefficient (Wildman–Crippen LogP) is 4.45. The van der Waals surface area contributed by atoms with E-state index in [0.29, 0.717) is 11.1 Å². The van der Waals surface area contributed by atoms with Gasteiger partial charge in [0.05, 0.1) is 0 Å². The van der Waals surface area contributed by atoms with Crippen molar-refractivity contribution in [3.05, 3.63) is 29.3 Å². The van der Waals surface area contributed by atoms with Crippen LogP contribution in [0.1, 0.15) is 30.9 Å². The molecule has 1 nitrogen and oxygen atoms in total. The highest BCUT2D eigenvalue weighted by molar-refractivity contribution is 6.17. The highest BCUT2D eigenvalue weighted by Gasteiger charge is 2.32. The lowest BCUT2D eigenvalue weighted by molar-refractivity contribution is -0.274. The number of alkyl halides is 4. The summed E-state index contributed by atoms with van der Waals surface area (Å²) < 4.78 is 40.5. The topological polar surface area (TPSA) is 9.23 Å². The Bertz CT molecular complexity index is 361. The summed E-state index contributed by atoms with van der Waals surface area (Å²) in [4.78, 5) is 0. The van der Waals surface area contributed by atoms with Crippen LogP contribution in [0, 0.1) is 0 Å². The highest BCUT2D eigenvalue weighted by atomic mass is 35.5. The minimum Gasteiger partial charge on any atom is -0.405 e. The van der Waals surface area contributed by atoms with Gasteiger partial charge in [-0.25, -0.2) is 0 Å². The summed E-state index contributed by atoms with van der Waals surface area (Å²) in [5, 5.41) is 0. The lowest BCUT2D eigenvalue weighted by Crippen LogP contribution is -2.18. The number of hydrogen-bond acceptors (Lipinski definition) is 1. The van der Waals surface area contributed by atoms with E-state index in [-0.39, 0.29) is 17.5 Å². The van der Waals surface area contributed by atoms with Crippen molar-refractivity contribution in [1.82, 2.24) is 0 Å². The molecule has 0 saturated heterocycles. The second kappa shape index (κ2) is 4.95. The quantitative estimate of drug-likeness (QED) is 0.723. The summed E-state index contributed by atoms with van der Waals surface area (Å²) >= 11 is 5.57. The zero-order valence-electron chi connectivity index (χ0n) is 8.94. The van der Waals surface area contributed by atoms with Crippen molar-refractivity contribution >= 4 is 11.6 Å². The molecule has 1 aromatic carbocycles. The molecule has 1 aromatic rings. The third kappa shape index (κ3) is 3.59. The molecule has 0 radical (unpaired) electrons. The van der Waals surface area contributed by atoms with Crippen molar-refractivity contribution in [3.63, 3.8) is 0 Å². The maximum Gasteiger partial charge on any atom is 0.573 e. The summed E-state index contributed by atoms with van der Waals surface area (Å²) in [6, 6.07) is 4.64. The Kier molecular flexibility index (Phi) is 4.08. The van der Waals surface area contributed by atoms with Crippen molar-refractivity contribution in [2.75, 3.05) is 0 Å². The Balaban J connectivity index is 3.10. The molecule has 5 heteroatoms. The number of hydrogen-bond donors (Lipinski definition) is 0. The van der Waals surface area contributed by atoms with Gasteiger partial charge < -0.3 is 4.74 Å². The van der Waals surface area contributed by atoms with Gasteiger partial charge in [-0.15, -0.1) is 24.8 Å². The Labute approximate surface area is 97.2 Å². The molecule has 0 atom stereocenters. The van der Waals surface area contributed by atoms with E-state index in [2.05, 4.69) is 4.74 Å². The standard InChI is InChI=1S/C11H12ClF3O/c1-7(2)9-4-3-8(6-12)5-10(9)16-11(13,14)15/h3-5,7H,6H2,1-2H3. The Morgan fingerprint density at radius 3 is 2.38 bits per heavy atom. The van der Waals surface area contributed by atoms with Gasteiger partial charge in [0.1, 0.15) is 5.75 Å². The molecule has 90 valence electrons. The van der Waals surface area contributed by atoms with Crippen molar-refractivity contribution in [3.8, 4) is 5.75 Å². The first-order valence-electron chi connectivity index (χ1n) is 4.78. The number of halogens is 4. The monoisotopic (exact) mass is 252 g/mol. The maximum absolute atomic E-state index is 12.2. The molecule has 0 aromatic heterocycles. The van der Waals surface area contributed by atoms with Crippen LogP contribution < -0.4 is 4.74 Å². The molecule has 0 saturated carbocycles. The fraction of sp³-hybridized carbons (Fsp3) is 0.455. The van der Waals surface area contributed by atoms with Crippen LogP contribution >= 0.6 is 11.6 Å². The lowest BCUT2D eigenvalue weighted by atomic mass is 10.0. The van der Waals surface area contributed by atoms with Gasteiger partial charge in [-0.3, -0.25) is 0 Å². The summed E-state index contributed by atoms with van der Waals surface area (Å²) in [6.07, 6.45) is -4.67. The predicted molar refractivity (Wildman–Crippen MR) is 56.8 cm³/mol. The van der Waals surface area contributed by atoms with E-state index >= 15 is 0 Å². The highest BCUT2D eigenvalue weighted by Crippen LogP contribution is 2.32. The third-order valence-corrected chi connectivity index (χ3v) is 2.39. The normalized spacial score (nSPS) is 11.9. The van der Waals surface area contributed by atoms with Crippen molar-refractivity contribution in [2.24, 2.45) is 0 Å². The van der Waals surface area contributed by atoms with Crippen LogP contribution in [0.2, 0.25) is 0 Å². The lowest BCUT2D eigenvalue weighted by Gasteiger charge is -2.16. The number of ether oxygens (including phenoxy) is 1. The SMILES string of the molecule is CC(C)c1ccc(CCl)cc1OC(F)(F)F. The van der Waals surface area contributed by atoms with Crippen LogP contribution in [0.5, 0.6) is 5.75 Å². The zero-order chi connectivity index (χ0) is 12.3. The van der Waals surface area contributed by atoms with Crippen LogP contribution in [-0.4, -0.2) is 6.36 Å². The van der Waals surface area contributed by atoms with Crippen molar-refractivity contribution in [1.29, 1.82) is 0 Å². The molecule has 0 bridgehead atoms. The van der Waals surface area contributed by atoms with Crippen LogP contribution in [0.25, 0.3) is 0 Å². The van der Waals surface area contributed by atoms with E-state index in [1.165, 1.54) is 6.07 Å². The van der Waals surface area contributed by atoms with Gasteiger partial charge in [0, 0.05) is 5.88 Å². The van der Waals surface area contributed by atoms with Gasteiger partial charge in [-0.2, -0.15) is 0 Å². The third-order valence-electron chi connectivity index (χ3n) is 2.08. The van der Waals surface area contributed by atoms with Gasteiger partial charge in [-0.1, -0.05) is 26.0 Å². The van der Waals surface area contributed by atoms with Gasteiger partial charge in [0.15, 0.2) is 0 Å². The van der Waals surface area contributed by atoms with Gasteiger partial charge >= 0.3 is 6.36 Å². The molecule has 1 rings (SSSR count). The first-order valence-corrected chi connectivity index (χ1v) is 5.31. The molecule has 0 N–H and O–H groups in total. The first kappa shape index (κ1) is 13.2. The minimum absolute atomic E-state index is 0.0401. The maximum atomic E-state index is 12.2. The van der Waals surface area contributed by atoms with E-state index in [4.69, 9.17) is 11.6 Å². The average molecular weight is 253 g/mol. The Morgan fingerprint density at radius 1 is 1.31 bits per heavy atom. The molecule has 0 aliphatic carbocycles. The van der Waals surface area contributed by atoms with Crippen LogP contribution in [0.4, 0.5) is 13.2 Å². The molecule has 0 amide bonds. The molecule has 0 aliphatic heterocycles. The summed E-state index contributed by atoms with van der Waals surface area (Å²) in [5.41, 5.74) is 1.12. The molecule has 0 unspecified atom stereocenters. The Morgan fingerprint density at radius 2 is 1.94 bits per heavy atom. The van der Waals surface area contributed by atoms with Crippen LogP contribution in [-0.2, 0) is 5.88 Å². The Hall–Kier alpha value is -0.900. The van der Waals surface area contributed by atoms with E-state index in [1.54, 1.807) is 26.0 Å². The van der Waals surface area contributed by atoms with E-state index in [0.717, 1.165) is 0 Å². The summed E-state index contributed by atoms with van der Waals surface area (Å²) in [7, 11) is 0. The molecule has 0 spiro atoms. The summed E-state index contributed by atoms with van der Waals surface area (Å²) in [5.74, 6) is -0.0468. The van der Waals surface area contributed by atoms with Crippen molar-refractivity contribution < 1.29 is 17.9 Å². The fourth-order valence-electron chi connectivity index (χ4n) is 1.35. The van der Waals surface area contributed by atoms with E-state index < -0.39 is 6.36 Å². The largest absolute Gasteiger partial charge is 0.573 e. The molecule has 0 heterocycles. The first-order chi connectivity index (χ1) is 7.33. The molecule has 0 fully saturated rings. The van der Waals surface area contributed by atoms with E-state index in [9.17, 15) is 13.2 Å². The number of rotatable bonds is 3.